The minimum atomic E-state index is 0.722. The molecule has 2 atom stereocenters. The second-order valence-electron chi connectivity index (χ2n) is 2.26. The first-order chi connectivity index (χ1) is 3.72. The molecule has 1 radical (unpaired) electrons. The second-order valence-corrected chi connectivity index (χ2v) is 3.33. The maximum atomic E-state index is 3.77. The van der Waals surface area contributed by atoms with Crippen LogP contribution in [0.4, 0.5) is 0 Å². The van der Waals surface area contributed by atoms with Crippen molar-refractivity contribution in [1.82, 2.24) is 0 Å². The highest BCUT2D eigenvalue weighted by Gasteiger charge is 2.06. The first-order valence-electron chi connectivity index (χ1n) is 3.13. The second kappa shape index (κ2) is 4.25. The van der Waals surface area contributed by atoms with E-state index in [-0.39, 0.29) is 0 Å². The summed E-state index contributed by atoms with van der Waals surface area (Å²) in [5.41, 5.74) is 0. The van der Waals surface area contributed by atoms with Crippen molar-refractivity contribution >= 4 is 11.8 Å². The molecule has 1 heteroatoms. The topological polar surface area (TPSA) is 0 Å². The summed E-state index contributed by atoms with van der Waals surface area (Å²) in [7, 11) is 0. The Morgan fingerprint density at radius 1 is 1.50 bits per heavy atom. The van der Waals surface area contributed by atoms with Crippen molar-refractivity contribution in [2.45, 2.75) is 32.4 Å². The van der Waals surface area contributed by atoms with Crippen LogP contribution in [0.3, 0.4) is 0 Å². The molecule has 49 valence electrons. The molecular formula is C7H15S. The normalized spacial score (nSPS) is 18.0. The summed E-state index contributed by atoms with van der Waals surface area (Å²) in [6, 6.07) is 0. The van der Waals surface area contributed by atoms with Gasteiger partial charge in [-0.1, -0.05) is 27.2 Å². The van der Waals surface area contributed by atoms with Crippen molar-refractivity contribution in [1.29, 1.82) is 0 Å². The van der Waals surface area contributed by atoms with Crippen molar-refractivity contribution in [3.63, 3.8) is 0 Å². The van der Waals surface area contributed by atoms with Crippen molar-refractivity contribution in [3.8, 4) is 0 Å². The van der Waals surface area contributed by atoms with Crippen LogP contribution in [-0.4, -0.2) is 5.25 Å². The SMILES string of the molecule is [CH2]SC(C)C(C)CC. The molecule has 0 heterocycles. The van der Waals surface area contributed by atoms with E-state index < -0.39 is 0 Å². The molecular weight excluding hydrogens is 116 g/mol. The van der Waals surface area contributed by atoms with Gasteiger partial charge in [-0.2, -0.15) is 11.8 Å². The first kappa shape index (κ1) is 8.35. The molecule has 0 nitrogen and oxygen atoms in total. The predicted octanol–water partition coefficient (Wildman–Crippen LogP) is 2.95. The van der Waals surface area contributed by atoms with E-state index >= 15 is 0 Å². The van der Waals surface area contributed by atoms with Crippen LogP contribution in [0.2, 0.25) is 0 Å². The van der Waals surface area contributed by atoms with Gasteiger partial charge in [0.05, 0.1) is 0 Å². The highest BCUT2D eigenvalue weighted by atomic mass is 32.2. The van der Waals surface area contributed by atoms with Crippen LogP contribution in [0.1, 0.15) is 27.2 Å². The van der Waals surface area contributed by atoms with Gasteiger partial charge in [0.25, 0.3) is 0 Å². The van der Waals surface area contributed by atoms with Gasteiger partial charge in [0.2, 0.25) is 0 Å². The zero-order valence-corrected chi connectivity index (χ0v) is 6.79. The Kier molecular flexibility index (Phi) is 4.44. The lowest BCUT2D eigenvalue weighted by molar-refractivity contribution is 0.559. The van der Waals surface area contributed by atoms with Crippen molar-refractivity contribution < 1.29 is 0 Å². The van der Waals surface area contributed by atoms with Crippen LogP contribution < -0.4 is 0 Å². The van der Waals surface area contributed by atoms with E-state index in [1.54, 1.807) is 11.8 Å². The standard InChI is InChI=1S/C7H15S/c1-5-6(2)7(3)8-4/h6-7H,4-5H2,1-3H3. The van der Waals surface area contributed by atoms with Crippen molar-refractivity contribution in [3.05, 3.63) is 6.26 Å². The summed E-state index contributed by atoms with van der Waals surface area (Å²) in [6.07, 6.45) is 5.04. The molecule has 0 aromatic rings. The Balaban J connectivity index is 3.29. The van der Waals surface area contributed by atoms with Crippen LogP contribution in [-0.2, 0) is 0 Å². The molecule has 0 aliphatic heterocycles. The van der Waals surface area contributed by atoms with Crippen LogP contribution in [0.5, 0.6) is 0 Å². The molecule has 0 saturated heterocycles. The maximum Gasteiger partial charge on any atom is 0.00445 e. The molecule has 0 aliphatic rings. The van der Waals surface area contributed by atoms with Gasteiger partial charge in [0.1, 0.15) is 0 Å². The van der Waals surface area contributed by atoms with Crippen LogP contribution in [0, 0.1) is 12.2 Å². The highest BCUT2D eigenvalue weighted by molar-refractivity contribution is 8.01. The third kappa shape index (κ3) is 2.61. The smallest absolute Gasteiger partial charge is 0.00445 e. The van der Waals surface area contributed by atoms with Gasteiger partial charge in [0.15, 0.2) is 0 Å². The third-order valence-electron chi connectivity index (χ3n) is 1.71. The van der Waals surface area contributed by atoms with Gasteiger partial charge < -0.3 is 0 Å². The fraction of sp³-hybridized carbons (Fsp3) is 0.857. The van der Waals surface area contributed by atoms with Crippen LogP contribution in [0.15, 0.2) is 0 Å². The lowest BCUT2D eigenvalue weighted by Gasteiger charge is -2.14. The lowest BCUT2D eigenvalue weighted by Crippen LogP contribution is -2.06. The molecule has 0 fully saturated rings. The van der Waals surface area contributed by atoms with E-state index in [1.165, 1.54) is 6.42 Å². The van der Waals surface area contributed by atoms with E-state index in [0.717, 1.165) is 11.2 Å². The summed E-state index contributed by atoms with van der Waals surface area (Å²) in [5.74, 6) is 0.817. The van der Waals surface area contributed by atoms with Gasteiger partial charge in [-0.15, -0.1) is 0 Å². The van der Waals surface area contributed by atoms with Gasteiger partial charge >= 0.3 is 0 Å². The van der Waals surface area contributed by atoms with E-state index in [9.17, 15) is 0 Å². The van der Waals surface area contributed by atoms with E-state index in [0.29, 0.717) is 0 Å². The number of thioether (sulfide) groups is 1. The third-order valence-corrected chi connectivity index (χ3v) is 2.70. The zero-order valence-electron chi connectivity index (χ0n) is 5.98. The Hall–Kier alpha value is 0.350. The molecule has 0 aromatic carbocycles. The molecule has 0 rings (SSSR count). The average molecular weight is 131 g/mol. The fourth-order valence-electron chi connectivity index (χ4n) is 0.496. The first-order valence-corrected chi connectivity index (χ1v) is 4.18. The number of hydrogen-bond acceptors (Lipinski definition) is 1. The van der Waals surface area contributed by atoms with Crippen molar-refractivity contribution in [2.24, 2.45) is 5.92 Å². The summed E-state index contributed by atoms with van der Waals surface area (Å²) >= 11 is 1.71. The summed E-state index contributed by atoms with van der Waals surface area (Å²) < 4.78 is 0. The molecule has 0 bridgehead atoms. The monoisotopic (exact) mass is 131 g/mol. The van der Waals surface area contributed by atoms with Gasteiger partial charge in [-0.3, -0.25) is 0 Å². The molecule has 0 amide bonds. The Morgan fingerprint density at radius 3 is 2.12 bits per heavy atom. The molecule has 0 aliphatic carbocycles. The Labute approximate surface area is 57.1 Å². The predicted molar refractivity (Wildman–Crippen MR) is 41.9 cm³/mol. The summed E-state index contributed by atoms with van der Waals surface area (Å²) in [4.78, 5) is 0. The van der Waals surface area contributed by atoms with Crippen LogP contribution >= 0.6 is 11.8 Å². The minimum absolute atomic E-state index is 0.722. The number of rotatable bonds is 3. The Morgan fingerprint density at radius 2 is 2.00 bits per heavy atom. The van der Waals surface area contributed by atoms with E-state index in [2.05, 4.69) is 27.0 Å². The Bertz CT molecular complexity index is 44.3. The largest absolute Gasteiger partial charge is 0.158 e. The summed E-state index contributed by atoms with van der Waals surface area (Å²) in [5, 5.41) is 0.722. The fourth-order valence-corrected chi connectivity index (χ4v) is 1.02. The van der Waals surface area contributed by atoms with Gasteiger partial charge in [-0.05, 0) is 5.92 Å². The lowest BCUT2D eigenvalue weighted by atomic mass is 10.1. The maximum absolute atomic E-state index is 3.77. The zero-order chi connectivity index (χ0) is 6.57. The minimum Gasteiger partial charge on any atom is -0.158 e. The highest BCUT2D eigenvalue weighted by Crippen LogP contribution is 2.19. The van der Waals surface area contributed by atoms with Crippen LogP contribution in [0.25, 0.3) is 0 Å². The van der Waals surface area contributed by atoms with Gasteiger partial charge in [-0.25, -0.2) is 0 Å². The van der Waals surface area contributed by atoms with E-state index in [4.69, 9.17) is 0 Å². The molecule has 8 heavy (non-hydrogen) atoms. The molecule has 0 aromatic heterocycles. The molecule has 0 N–H and O–H groups in total. The van der Waals surface area contributed by atoms with E-state index in [1.807, 2.05) is 0 Å². The summed E-state index contributed by atoms with van der Waals surface area (Å²) in [6.45, 7) is 6.71. The van der Waals surface area contributed by atoms with Crippen molar-refractivity contribution in [2.75, 3.05) is 0 Å². The molecule has 0 saturated carbocycles. The number of hydrogen-bond donors (Lipinski definition) is 0. The van der Waals surface area contributed by atoms with Gasteiger partial charge in [0, 0.05) is 11.5 Å². The molecule has 0 spiro atoms. The molecule has 2 unspecified atom stereocenters. The quantitative estimate of drug-likeness (QED) is 0.567. The average Bonchev–Trinajstić information content (AvgIpc) is 1.84.